The van der Waals surface area contributed by atoms with Crippen LogP contribution in [-0.2, 0) is 9.05 Å². The highest BCUT2D eigenvalue weighted by atomic mass is 31.2. The van der Waals surface area contributed by atoms with Gasteiger partial charge in [0.1, 0.15) is 12.1 Å². The molecule has 158 valence electrons. The first-order chi connectivity index (χ1) is 14.2. The van der Waals surface area contributed by atoms with Crippen LogP contribution in [0.4, 0.5) is 5.82 Å². The summed E-state index contributed by atoms with van der Waals surface area (Å²) in [6.45, 7) is 7.18. The summed E-state index contributed by atoms with van der Waals surface area (Å²) in [6, 6.07) is 3.87. The zero-order chi connectivity index (χ0) is 20.6. The molecular formula is C21H30N3O4P. The zero-order valence-electron chi connectivity index (χ0n) is 17.7. The van der Waals surface area contributed by atoms with Gasteiger partial charge in [0, 0.05) is 24.5 Å². The Bertz CT molecular complexity index is 840. The Kier molecular flexibility index (Phi) is 8.04. The molecule has 0 amide bonds. The summed E-state index contributed by atoms with van der Waals surface area (Å²) in [4.78, 5) is 11.4. The van der Waals surface area contributed by atoms with Crippen LogP contribution in [0.3, 0.4) is 0 Å². The Hall–Kier alpha value is -1.95. The lowest BCUT2D eigenvalue weighted by molar-refractivity contribution is 0.276. The van der Waals surface area contributed by atoms with E-state index in [1.807, 2.05) is 26.0 Å². The van der Waals surface area contributed by atoms with Gasteiger partial charge in [0.15, 0.2) is 19.9 Å². The molecule has 0 aliphatic carbocycles. The Morgan fingerprint density at radius 3 is 2.41 bits per heavy atom. The molecule has 1 saturated heterocycles. The molecule has 0 N–H and O–H groups in total. The first kappa shape index (κ1) is 21.8. The highest BCUT2D eigenvalue weighted by Gasteiger charge is 2.19. The second-order valence-corrected chi connectivity index (χ2v) is 8.02. The van der Waals surface area contributed by atoms with Gasteiger partial charge >= 0.3 is 0 Å². The van der Waals surface area contributed by atoms with Gasteiger partial charge in [-0.1, -0.05) is 5.57 Å². The number of rotatable bonds is 8. The van der Waals surface area contributed by atoms with Crippen LogP contribution in [0.15, 0.2) is 29.9 Å². The van der Waals surface area contributed by atoms with Crippen molar-refractivity contribution in [3.63, 3.8) is 0 Å². The summed E-state index contributed by atoms with van der Waals surface area (Å²) < 4.78 is 22.4. The summed E-state index contributed by atoms with van der Waals surface area (Å²) in [5.74, 6) is 4.50. The number of hydrogen-bond acceptors (Lipinski definition) is 7. The van der Waals surface area contributed by atoms with Crippen LogP contribution in [0.1, 0.15) is 33.1 Å². The summed E-state index contributed by atoms with van der Waals surface area (Å²) in [6.07, 6.45) is 4.70. The standard InChI is InChI=1S/C21H30N3O4P/c1-5-27-29(28-6-2)14-16-8-7-10-24(11-9-16)21-17-12-19(25-3)20(26-4)13-18(17)22-15-23-21/h12-15H,5-11H2,1-4H3/b16-14+. The van der Waals surface area contributed by atoms with Crippen molar-refractivity contribution >= 4 is 25.1 Å². The molecule has 3 rings (SSSR count). The third-order valence-corrected chi connectivity index (χ3v) is 6.45. The maximum atomic E-state index is 5.75. The van der Waals surface area contributed by atoms with Crippen LogP contribution in [-0.4, -0.2) is 50.5 Å². The number of nitrogens with zero attached hydrogens (tertiary/aromatic N) is 3. The molecule has 1 aromatic carbocycles. The van der Waals surface area contributed by atoms with Crippen molar-refractivity contribution in [2.45, 2.75) is 33.1 Å². The molecule has 0 atom stereocenters. The Labute approximate surface area is 173 Å². The van der Waals surface area contributed by atoms with E-state index in [9.17, 15) is 0 Å². The number of ether oxygens (including phenoxy) is 2. The van der Waals surface area contributed by atoms with Crippen molar-refractivity contribution in [1.29, 1.82) is 0 Å². The minimum atomic E-state index is -0.941. The quantitative estimate of drug-likeness (QED) is 0.564. The molecular weight excluding hydrogens is 389 g/mol. The lowest BCUT2D eigenvalue weighted by atomic mass is 10.1. The van der Waals surface area contributed by atoms with E-state index in [-0.39, 0.29) is 0 Å². The van der Waals surface area contributed by atoms with Crippen LogP contribution < -0.4 is 14.4 Å². The molecule has 0 bridgehead atoms. The van der Waals surface area contributed by atoms with Crippen molar-refractivity contribution in [3.8, 4) is 11.5 Å². The van der Waals surface area contributed by atoms with Gasteiger partial charge in [-0.2, -0.15) is 0 Å². The average Bonchev–Trinajstić information content (AvgIpc) is 2.98. The van der Waals surface area contributed by atoms with Crippen LogP contribution >= 0.6 is 8.38 Å². The zero-order valence-corrected chi connectivity index (χ0v) is 18.6. The highest BCUT2D eigenvalue weighted by Crippen LogP contribution is 2.42. The number of fused-ring (bicyclic) bond motifs is 1. The van der Waals surface area contributed by atoms with Gasteiger partial charge in [0.25, 0.3) is 0 Å². The second-order valence-electron chi connectivity index (χ2n) is 6.67. The smallest absolute Gasteiger partial charge is 0.197 e. The van der Waals surface area contributed by atoms with Gasteiger partial charge in [-0.05, 0) is 45.0 Å². The lowest BCUT2D eigenvalue weighted by Crippen LogP contribution is -2.25. The normalized spacial score (nSPS) is 16.4. The number of benzene rings is 1. The third kappa shape index (κ3) is 5.35. The fourth-order valence-corrected chi connectivity index (χ4v) is 4.78. The molecule has 8 heteroatoms. The molecule has 0 saturated carbocycles. The predicted molar refractivity (Wildman–Crippen MR) is 117 cm³/mol. The van der Waals surface area contributed by atoms with E-state index in [1.54, 1.807) is 20.5 Å². The minimum absolute atomic E-state index is 0.666. The molecule has 1 aliphatic heterocycles. The third-order valence-electron chi connectivity index (χ3n) is 4.85. The van der Waals surface area contributed by atoms with Crippen LogP contribution in [0, 0.1) is 0 Å². The number of aromatic nitrogens is 2. The highest BCUT2D eigenvalue weighted by molar-refractivity contribution is 7.50. The summed E-state index contributed by atoms with van der Waals surface area (Å²) in [7, 11) is 2.34. The van der Waals surface area contributed by atoms with Gasteiger partial charge in [-0.15, -0.1) is 0 Å². The van der Waals surface area contributed by atoms with Gasteiger partial charge in [-0.25, -0.2) is 9.97 Å². The molecule has 1 fully saturated rings. The average molecular weight is 419 g/mol. The predicted octanol–water partition coefficient (Wildman–Crippen LogP) is 4.91. The number of methoxy groups -OCH3 is 2. The molecule has 2 aromatic rings. The first-order valence-electron chi connectivity index (χ1n) is 10.1. The van der Waals surface area contributed by atoms with E-state index in [1.165, 1.54) is 5.57 Å². The van der Waals surface area contributed by atoms with E-state index in [2.05, 4.69) is 20.7 Å². The van der Waals surface area contributed by atoms with Gasteiger partial charge < -0.3 is 23.4 Å². The molecule has 1 aliphatic rings. The SMILES string of the molecule is CCOP(/C=C1\CCCN(c2ncnc3cc(OC)c(OC)cc23)CC1)OCC. The second kappa shape index (κ2) is 10.7. The number of anilines is 1. The molecule has 0 radical (unpaired) electrons. The van der Waals surface area contributed by atoms with Crippen molar-refractivity contribution in [2.75, 3.05) is 45.4 Å². The molecule has 0 unspecified atom stereocenters. The molecule has 1 aromatic heterocycles. The fraction of sp³-hybridized carbons (Fsp3) is 0.524. The molecule has 2 heterocycles. The summed E-state index contributed by atoms with van der Waals surface area (Å²) in [5, 5.41) is 0.975. The van der Waals surface area contributed by atoms with E-state index in [0.29, 0.717) is 24.7 Å². The molecule has 29 heavy (non-hydrogen) atoms. The molecule has 7 nitrogen and oxygen atoms in total. The summed E-state index contributed by atoms with van der Waals surface area (Å²) in [5.41, 5.74) is 2.25. The monoisotopic (exact) mass is 419 g/mol. The van der Waals surface area contributed by atoms with E-state index in [4.69, 9.17) is 18.5 Å². The maximum Gasteiger partial charge on any atom is 0.197 e. The van der Waals surface area contributed by atoms with Crippen LogP contribution in [0.25, 0.3) is 10.9 Å². The van der Waals surface area contributed by atoms with Crippen LogP contribution in [0.5, 0.6) is 11.5 Å². The van der Waals surface area contributed by atoms with Crippen LogP contribution in [0.2, 0.25) is 0 Å². The Balaban J connectivity index is 1.84. The Morgan fingerprint density at radius 2 is 1.72 bits per heavy atom. The van der Waals surface area contributed by atoms with E-state index < -0.39 is 8.38 Å². The van der Waals surface area contributed by atoms with Crippen molar-refractivity contribution in [3.05, 3.63) is 29.9 Å². The Morgan fingerprint density at radius 1 is 1.00 bits per heavy atom. The first-order valence-corrected chi connectivity index (χ1v) is 11.3. The van der Waals surface area contributed by atoms with Gasteiger partial charge in [0.2, 0.25) is 0 Å². The topological polar surface area (TPSA) is 65.9 Å². The van der Waals surface area contributed by atoms with Crippen molar-refractivity contribution in [1.82, 2.24) is 9.97 Å². The number of hydrogen-bond donors (Lipinski definition) is 0. The minimum Gasteiger partial charge on any atom is -0.493 e. The van der Waals surface area contributed by atoms with Crippen molar-refractivity contribution < 1.29 is 18.5 Å². The maximum absolute atomic E-state index is 5.75. The fourth-order valence-electron chi connectivity index (χ4n) is 3.49. The molecule has 0 spiro atoms. The van der Waals surface area contributed by atoms with Gasteiger partial charge in [0.05, 0.1) is 33.0 Å². The van der Waals surface area contributed by atoms with Crippen molar-refractivity contribution in [2.24, 2.45) is 0 Å². The van der Waals surface area contributed by atoms with Gasteiger partial charge in [-0.3, -0.25) is 0 Å². The van der Waals surface area contributed by atoms with E-state index >= 15 is 0 Å². The lowest BCUT2D eigenvalue weighted by Gasteiger charge is -2.23. The summed E-state index contributed by atoms with van der Waals surface area (Å²) >= 11 is 0. The van der Waals surface area contributed by atoms with E-state index in [0.717, 1.165) is 49.1 Å². The largest absolute Gasteiger partial charge is 0.493 e.